The minimum atomic E-state index is 0.670. The third kappa shape index (κ3) is 2.71. The molecule has 0 aliphatic heterocycles. The van der Waals surface area contributed by atoms with E-state index in [2.05, 4.69) is 35.3 Å². The van der Waals surface area contributed by atoms with Crippen LogP contribution in [0.1, 0.15) is 38.3 Å². The van der Waals surface area contributed by atoms with Crippen LogP contribution in [0.4, 0.5) is 0 Å². The molecule has 19 heavy (non-hydrogen) atoms. The summed E-state index contributed by atoms with van der Waals surface area (Å²) in [6.07, 6.45) is 5.28. The lowest BCUT2D eigenvalue weighted by atomic mass is 10.3. The Bertz CT molecular complexity index is 554. The van der Waals surface area contributed by atoms with Crippen LogP contribution in [-0.4, -0.2) is 20.8 Å². The van der Waals surface area contributed by atoms with E-state index >= 15 is 0 Å². The molecule has 0 atom stereocenters. The smallest absolute Gasteiger partial charge is 0.208 e. The van der Waals surface area contributed by atoms with Gasteiger partial charge in [0.25, 0.3) is 0 Å². The van der Waals surface area contributed by atoms with Gasteiger partial charge >= 0.3 is 0 Å². The van der Waals surface area contributed by atoms with E-state index in [9.17, 15) is 0 Å². The van der Waals surface area contributed by atoms with E-state index in [0.717, 1.165) is 36.0 Å². The zero-order chi connectivity index (χ0) is 13.2. The number of oxazole rings is 1. The summed E-state index contributed by atoms with van der Waals surface area (Å²) in [5.41, 5.74) is 2.11. The van der Waals surface area contributed by atoms with Crippen LogP contribution in [0.5, 0.6) is 0 Å². The fourth-order valence-corrected chi connectivity index (χ4v) is 2.11. The molecule has 1 aliphatic rings. The van der Waals surface area contributed by atoms with Crippen LogP contribution < -0.4 is 5.32 Å². The van der Waals surface area contributed by atoms with Gasteiger partial charge in [-0.15, -0.1) is 0 Å². The molecule has 2 heterocycles. The van der Waals surface area contributed by atoms with E-state index in [1.165, 1.54) is 12.8 Å². The number of nitrogens with one attached hydrogen (secondary N) is 1. The summed E-state index contributed by atoms with van der Waals surface area (Å²) in [6.45, 7) is 5.75. The van der Waals surface area contributed by atoms with Gasteiger partial charge in [0.2, 0.25) is 5.89 Å². The first-order valence-corrected chi connectivity index (χ1v) is 7.05. The van der Waals surface area contributed by atoms with Crippen LogP contribution >= 0.6 is 0 Å². The maximum atomic E-state index is 5.81. The summed E-state index contributed by atoms with van der Waals surface area (Å²) in [4.78, 5) is 4.33. The van der Waals surface area contributed by atoms with Crippen molar-refractivity contribution in [3.8, 4) is 11.5 Å². The van der Waals surface area contributed by atoms with Crippen molar-refractivity contribution in [3.63, 3.8) is 0 Å². The number of rotatable bonds is 6. The summed E-state index contributed by atoms with van der Waals surface area (Å²) in [7, 11) is 0. The fraction of sp³-hybridized carbons (Fsp3) is 0.571. The van der Waals surface area contributed by atoms with Crippen molar-refractivity contribution < 1.29 is 4.42 Å². The summed E-state index contributed by atoms with van der Waals surface area (Å²) < 4.78 is 7.78. The van der Waals surface area contributed by atoms with Crippen molar-refractivity contribution in [2.45, 2.75) is 52.2 Å². The minimum Gasteiger partial charge on any atom is -0.438 e. The highest BCUT2D eigenvalue weighted by Crippen LogP contribution is 2.23. The molecular formula is C14H20N4O. The van der Waals surface area contributed by atoms with Gasteiger partial charge in [-0.25, -0.2) is 4.98 Å². The molecule has 0 bridgehead atoms. The topological polar surface area (TPSA) is 55.9 Å². The second-order valence-corrected chi connectivity index (χ2v) is 4.96. The number of hydrogen-bond acceptors (Lipinski definition) is 4. The first-order chi connectivity index (χ1) is 9.30. The molecule has 0 spiro atoms. The molecule has 5 nitrogen and oxygen atoms in total. The molecule has 5 heteroatoms. The maximum Gasteiger partial charge on any atom is 0.208 e. The van der Waals surface area contributed by atoms with E-state index in [0.29, 0.717) is 12.6 Å². The maximum absolute atomic E-state index is 5.81. The molecule has 2 aromatic rings. The monoisotopic (exact) mass is 260 g/mol. The summed E-state index contributed by atoms with van der Waals surface area (Å²) in [5, 5.41) is 7.93. The Labute approximate surface area is 113 Å². The summed E-state index contributed by atoms with van der Waals surface area (Å²) in [6, 6.07) is 2.76. The zero-order valence-corrected chi connectivity index (χ0v) is 11.5. The minimum absolute atomic E-state index is 0.670. The lowest BCUT2D eigenvalue weighted by Crippen LogP contribution is -2.15. The first kappa shape index (κ1) is 12.4. The van der Waals surface area contributed by atoms with E-state index in [1.807, 2.05) is 4.68 Å². The number of hydrogen-bond donors (Lipinski definition) is 1. The number of nitrogens with zero attached hydrogens (tertiary/aromatic N) is 3. The average Bonchev–Trinajstić information content (AvgIpc) is 3.00. The van der Waals surface area contributed by atoms with Crippen LogP contribution in [0.15, 0.2) is 16.7 Å². The molecule has 0 unspecified atom stereocenters. The van der Waals surface area contributed by atoms with Gasteiger partial charge in [-0.1, -0.05) is 6.92 Å². The third-order valence-corrected chi connectivity index (χ3v) is 3.42. The Morgan fingerprint density at radius 1 is 1.42 bits per heavy atom. The van der Waals surface area contributed by atoms with Gasteiger partial charge in [0.15, 0.2) is 5.76 Å². The van der Waals surface area contributed by atoms with Gasteiger partial charge in [0.1, 0.15) is 5.69 Å². The lowest BCUT2D eigenvalue weighted by Gasteiger charge is -2.00. The molecular weight excluding hydrogens is 240 g/mol. The second kappa shape index (κ2) is 5.17. The van der Waals surface area contributed by atoms with Crippen molar-refractivity contribution in [2.24, 2.45) is 0 Å². The quantitative estimate of drug-likeness (QED) is 0.866. The predicted molar refractivity (Wildman–Crippen MR) is 72.6 cm³/mol. The number of aromatic nitrogens is 3. The van der Waals surface area contributed by atoms with Gasteiger partial charge in [-0.2, -0.15) is 5.10 Å². The van der Waals surface area contributed by atoms with Crippen molar-refractivity contribution in [1.82, 2.24) is 20.1 Å². The van der Waals surface area contributed by atoms with Crippen molar-refractivity contribution >= 4 is 0 Å². The van der Waals surface area contributed by atoms with Gasteiger partial charge in [-0.05, 0) is 32.3 Å². The first-order valence-electron chi connectivity index (χ1n) is 7.05. The average molecular weight is 260 g/mol. The van der Waals surface area contributed by atoms with Crippen molar-refractivity contribution in [3.05, 3.63) is 23.8 Å². The Morgan fingerprint density at radius 3 is 2.95 bits per heavy atom. The van der Waals surface area contributed by atoms with Crippen LogP contribution in [0.3, 0.4) is 0 Å². The van der Waals surface area contributed by atoms with Gasteiger partial charge < -0.3 is 9.73 Å². The summed E-state index contributed by atoms with van der Waals surface area (Å²) in [5.74, 6) is 1.56. The lowest BCUT2D eigenvalue weighted by molar-refractivity contribution is 0.472. The third-order valence-electron chi connectivity index (χ3n) is 3.42. The predicted octanol–water partition coefficient (Wildman–Crippen LogP) is 2.37. The van der Waals surface area contributed by atoms with E-state index in [4.69, 9.17) is 4.42 Å². The highest BCUT2D eigenvalue weighted by atomic mass is 16.4. The standard InChI is InChI=1S/C14H20N4O/c1-3-10-7-12(18(4-2)17-10)13-8-16-14(19-13)9-15-11-5-6-11/h7-8,11,15H,3-6,9H2,1-2H3. The highest BCUT2D eigenvalue weighted by Gasteiger charge is 2.21. The van der Waals surface area contributed by atoms with Crippen LogP contribution in [0.2, 0.25) is 0 Å². The normalized spacial score (nSPS) is 15.1. The molecule has 2 aromatic heterocycles. The van der Waals surface area contributed by atoms with Crippen molar-refractivity contribution in [1.29, 1.82) is 0 Å². The van der Waals surface area contributed by atoms with E-state index in [1.54, 1.807) is 6.20 Å². The molecule has 1 N–H and O–H groups in total. The fourth-order valence-electron chi connectivity index (χ4n) is 2.11. The SMILES string of the molecule is CCc1cc(-c2cnc(CNC3CC3)o2)n(CC)n1. The molecule has 3 rings (SSSR count). The van der Waals surface area contributed by atoms with Gasteiger partial charge in [0.05, 0.1) is 18.4 Å². The van der Waals surface area contributed by atoms with Crippen molar-refractivity contribution in [2.75, 3.05) is 0 Å². The summed E-state index contributed by atoms with van der Waals surface area (Å²) >= 11 is 0. The van der Waals surface area contributed by atoms with Crippen LogP contribution in [0, 0.1) is 0 Å². The Kier molecular flexibility index (Phi) is 3.38. The Balaban J connectivity index is 1.78. The zero-order valence-electron chi connectivity index (χ0n) is 11.5. The molecule has 0 amide bonds. The van der Waals surface area contributed by atoms with E-state index in [-0.39, 0.29) is 0 Å². The molecule has 1 saturated carbocycles. The molecule has 0 radical (unpaired) electrons. The Hall–Kier alpha value is -1.62. The molecule has 1 aliphatic carbocycles. The van der Waals surface area contributed by atoms with Gasteiger partial charge in [0, 0.05) is 12.6 Å². The Morgan fingerprint density at radius 2 is 2.26 bits per heavy atom. The molecule has 1 fully saturated rings. The molecule has 0 saturated heterocycles. The van der Waals surface area contributed by atoms with Crippen LogP contribution in [0.25, 0.3) is 11.5 Å². The van der Waals surface area contributed by atoms with Gasteiger partial charge in [-0.3, -0.25) is 4.68 Å². The van der Waals surface area contributed by atoms with E-state index < -0.39 is 0 Å². The molecule has 0 aromatic carbocycles. The largest absolute Gasteiger partial charge is 0.438 e. The number of aryl methyl sites for hydroxylation is 2. The van der Waals surface area contributed by atoms with Crippen LogP contribution in [-0.2, 0) is 19.5 Å². The second-order valence-electron chi connectivity index (χ2n) is 4.96. The molecule has 102 valence electrons. The highest BCUT2D eigenvalue weighted by molar-refractivity contribution is 5.52.